The van der Waals surface area contributed by atoms with E-state index in [1.165, 1.54) is 6.07 Å². The van der Waals surface area contributed by atoms with Gasteiger partial charge in [-0.1, -0.05) is 12.2 Å². The summed E-state index contributed by atoms with van der Waals surface area (Å²) in [5.41, 5.74) is 6.51. The van der Waals surface area contributed by atoms with Gasteiger partial charge in [0.2, 0.25) is 0 Å². The summed E-state index contributed by atoms with van der Waals surface area (Å²) < 4.78 is 19.3. The number of rotatable bonds is 1. The van der Waals surface area contributed by atoms with E-state index in [0.29, 0.717) is 29.5 Å². The molecule has 1 saturated carbocycles. The fourth-order valence-electron chi connectivity index (χ4n) is 2.54. The fourth-order valence-corrected chi connectivity index (χ4v) is 2.81. The number of hydrogen-bond acceptors (Lipinski definition) is 3. The number of halogens is 1. The summed E-state index contributed by atoms with van der Waals surface area (Å²) in [5, 5.41) is 3.22. The highest BCUT2D eigenvalue weighted by molar-refractivity contribution is 7.80. The van der Waals surface area contributed by atoms with Gasteiger partial charge in [0.25, 0.3) is 0 Å². The SMILES string of the molecule is Nc1ccc(F)c(C23CC2COCC(=S)N3)c1. The highest BCUT2D eigenvalue weighted by atomic mass is 32.1. The first kappa shape index (κ1) is 10.9. The second-order valence-electron chi connectivity index (χ2n) is 4.67. The molecule has 3 nitrogen and oxygen atoms in total. The van der Waals surface area contributed by atoms with Crippen LogP contribution in [0.2, 0.25) is 0 Å². The molecule has 2 unspecified atom stereocenters. The maximum absolute atomic E-state index is 13.9. The molecule has 17 heavy (non-hydrogen) atoms. The zero-order valence-corrected chi connectivity index (χ0v) is 10.0. The summed E-state index contributed by atoms with van der Waals surface area (Å²) in [7, 11) is 0. The van der Waals surface area contributed by atoms with Crippen molar-refractivity contribution in [3.05, 3.63) is 29.6 Å². The lowest BCUT2D eigenvalue weighted by Gasteiger charge is -2.20. The first-order valence-corrected chi connectivity index (χ1v) is 5.97. The molecule has 0 amide bonds. The van der Waals surface area contributed by atoms with E-state index in [-0.39, 0.29) is 11.7 Å². The van der Waals surface area contributed by atoms with Gasteiger partial charge in [0.15, 0.2) is 0 Å². The van der Waals surface area contributed by atoms with Gasteiger partial charge < -0.3 is 15.8 Å². The summed E-state index contributed by atoms with van der Waals surface area (Å²) in [6.07, 6.45) is 0.841. The molecule has 0 bridgehead atoms. The third-order valence-corrected chi connectivity index (χ3v) is 3.71. The van der Waals surface area contributed by atoms with Gasteiger partial charge in [-0.3, -0.25) is 0 Å². The molecule has 1 aliphatic carbocycles. The number of nitrogen functional groups attached to an aromatic ring is 1. The highest BCUT2D eigenvalue weighted by Gasteiger charge is 2.58. The van der Waals surface area contributed by atoms with E-state index >= 15 is 0 Å². The predicted molar refractivity (Wildman–Crippen MR) is 67.2 cm³/mol. The molecule has 1 aromatic rings. The predicted octanol–water partition coefficient (Wildman–Crippen LogP) is 1.57. The Hall–Kier alpha value is -1.20. The van der Waals surface area contributed by atoms with Crippen LogP contribution in [0.4, 0.5) is 10.1 Å². The number of nitrogens with two attached hydrogens (primary N) is 1. The molecule has 0 aromatic heterocycles. The molecule has 1 saturated heterocycles. The number of benzene rings is 1. The molecular weight excluding hydrogens is 239 g/mol. The number of fused-ring (bicyclic) bond motifs is 1. The van der Waals surface area contributed by atoms with E-state index in [2.05, 4.69) is 5.32 Å². The van der Waals surface area contributed by atoms with E-state index < -0.39 is 5.54 Å². The first-order valence-electron chi connectivity index (χ1n) is 5.56. The van der Waals surface area contributed by atoms with Crippen molar-refractivity contribution in [3.63, 3.8) is 0 Å². The second kappa shape index (κ2) is 3.65. The number of anilines is 1. The van der Waals surface area contributed by atoms with Gasteiger partial charge >= 0.3 is 0 Å². The van der Waals surface area contributed by atoms with Crippen LogP contribution in [0.25, 0.3) is 0 Å². The van der Waals surface area contributed by atoms with Crippen LogP contribution in [0.5, 0.6) is 0 Å². The number of hydrogen-bond donors (Lipinski definition) is 2. The second-order valence-corrected chi connectivity index (χ2v) is 5.17. The van der Waals surface area contributed by atoms with E-state index in [4.69, 9.17) is 22.7 Å². The average molecular weight is 252 g/mol. The summed E-state index contributed by atoms with van der Waals surface area (Å²) in [4.78, 5) is 0.631. The Bertz CT molecular complexity index is 493. The molecule has 0 radical (unpaired) electrons. The van der Waals surface area contributed by atoms with Crippen LogP contribution in [0, 0.1) is 11.7 Å². The quantitative estimate of drug-likeness (QED) is 0.588. The lowest BCUT2D eigenvalue weighted by molar-refractivity contribution is 0.161. The van der Waals surface area contributed by atoms with Crippen LogP contribution >= 0.6 is 12.2 Å². The maximum Gasteiger partial charge on any atom is 0.128 e. The maximum atomic E-state index is 13.9. The van der Waals surface area contributed by atoms with Gasteiger partial charge in [0, 0.05) is 17.2 Å². The third kappa shape index (κ3) is 1.70. The summed E-state index contributed by atoms with van der Waals surface area (Å²) in [6, 6.07) is 4.67. The smallest absolute Gasteiger partial charge is 0.128 e. The van der Waals surface area contributed by atoms with Crippen LogP contribution in [-0.2, 0) is 10.3 Å². The first-order chi connectivity index (χ1) is 8.12. The highest BCUT2D eigenvalue weighted by Crippen LogP contribution is 2.53. The molecule has 3 rings (SSSR count). The topological polar surface area (TPSA) is 47.3 Å². The normalized spacial score (nSPS) is 31.4. The van der Waals surface area contributed by atoms with Gasteiger partial charge in [-0.25, -0.2) is 4.39 Å². The van der Waals surface area contributed by atoms with Crippen molar-refractivity contribution < 1.29 is 9.13 Å². The van der Waals surface area contributed by atoms with Gasteiger partial charge in [-0.15, -0.1) is 0 Å². The van der Waals surface area contributed by atoms with Crippen LogP contribution < -0.4 is 11.1 Å². The number of thiocarbonyl (C=S) groups is 1. The van der Waals surface area contributed by atoms with Crippen molar-refractivity contribution in [2.24, 2.45) is 5.92 Å². The van der Waals surface area contributed by atoms with Crippen LogP contribution in [0.3, 0.4) is 0 Å². The summed E-state index contributed by atoms with van der Waals surface area (Å²) in [5.74, 6) is 0.0400. The minimum Gasteiger partial charge on any atom is -0.399 e. The van der Waals surface area contributed by atoms with Crippen molar-refractivity contribution in [2.45, 2.75) is 12.0 Å². The summed E-state index contributed by atoms with van der Waals surface area (Å²) >= 11 is 5.15. The molecule has 90 valence electrons. The molecular formula is C12H13FN2OS. The Morgan fingerprint density at radius 2 is 2.35 bits per heavy atom. The molecule has 5 heteroatoms. The minimum atomic E-state index is -0.396. The number of ether oxygens (including phenoxy) is 1. The van der Waals surface area contributed by atoms with Crippen LogP contribution in [0.1, 0.15) is 12.0 Å². The Kier molecular flexibility index (Phi) is 2.34. The molecule has 1 heterocycles. The molecule has 3 N–H and O–H groups in total. The largest absolute Gasteiger partial charge is 0.399 e. The van der Waals surface area contributed by atoms with Crippen LogP contribution in [0.15, 0.2) is 18.2 Å². The zero-order chi connectivity index (χ0) is 12.0. The van der Waals surface area contributed by atoms with E-state index in [1.807, 2.05) is 0 Å². The standard InChI is InChI=1S/C12H13FN2OS/c13-10-2-1-8(14)3-9(10)12-4-7(12)5-16-6-11(17)15-12/h1-3,7H,4-6,14H2,(H,15,17). The lowest BCUT2D eigenvalue weighted by Crippen LogP contribution is -2.36. The van der Waals surface area contributed by atoms with Crippen LogP contribution in [-0.4, -0.2) is 18.2 Å². The monoisotopic (exact) mass is 252 g/mol. The van der Waals surface area contributed by atoms with E-state index in [0.717, 1.165) is 6.42 Å². The lowest BCUT2D eigenvalue weighted by atomic mass is 10.0. The third-order valence-electron chi connectivity index (χ3n) is 3.49. The van der Waals surface area contributed by atoms with E-state index in [1.54, 1.807) is 12.1 Å². The Labute approximate surface area is 104 Å². The van der Waals surface area contributed by atoms with Crippen molar-refractivity contribution in [1.29, 1.82) is 0 Å². The van der Waals surface area contributed by atoms with Crippen molar-refractivity contribution in [1.82, 2.24) is 5.32 Å². The Balaban J connectivity index is 2.03. The zero-order valence-electron chi connectivity index (χ0n) is 9.20. The van der Waals surface area contributed by atoms with Gasteiger partial charge in [0.1, 0.15) is 10.8 Å². The fraction of sp³-hybridized carbons (Fsp3) is 0.417. The minimum absolute atomic E-state index is 0.237. The van der Waals surface area contributed by atoms with Gasteiger partial charge in [-0.05, 0) is 24.6 Å². The average Bonchev–Trinajstić information content (AvgIpc) is 2.96. The molecule has 2 atom stereocenters. The Morgan fingerprint density at radius 3 is 3.18 bits per heavy atom. The van der Waals surface area contributed by atoms with Crippen molar-refractivity contribution in [3.8, 4) is 0 Å². The molecule has 1 aliphatic heterocycles. The van der Waals surface area contributed by atoms with Crippen molar-refractivity contribution in [2.75, 3.05) is 18.9 Å². The van der Waals surface area contributed by atoms with Crippen molar-refractivity contribution >= 4 is 22.9 Å². The van der Waals surface area contributed by atoms with Gasteiger partial charge in [0.05, 0.1) is 18.8 Å². The Morgan fingerprint density at radius 1 is 1.53 bits per heavy atom. The summed E-state index contributed by atoms with van der Waals surface area (Å²) in [6.45, 7) is 1.03. The molecule has 2 aliphatic rings. The molecule has 1 aromatic carbocycles. The molecule has 2 fully saturated rings. The number of nitrogens with one attached hydrogen (secondary N) is 1. The van der Waals surface area contributed by atoms with E-state index in [9.17, 15) is 4.39 Å². The molecule has 0 spiro atoms. The van der Waals surface area contributed by atoms with Gasteiger partial charge in [-0.2, -0.15) is 0 Å².